The van der Waals surface area contributed by atoms with Crippen LogP contribution in [0.3, 0.4) is 0 Å². The molecule has 1 aliphatic heterocycles. The van der Waals surface area contributed by atoms with Gasteiger partial charge in [0.05, 0.1) is 29.9 Å². The van der Waals surface area contributed by atoms with Crippen LogP contribution in [0.5, 0.6) is 0 Å². The normalized spacial score (nSPS) is 28.3. The zero-order valence-corrected chi connectivity index (χ0v) is 12.0. The molecule has 2 rings (SSSR count). The number of ether oxygens (including phenoxy) is 2. The van der Waals surface area contributed by atoms with E-state index < -0.39 is 0 Å². The zero-order chi connectivity index (χ0) is 13.1. The fourth-order valence-electron chi connectivity index (χ4n) is 2.23. The number of rotatable bonds is 3. The summed E-state index contributed by atoms with van der Waals surface area (Å²) in [6.45, 7) is 4.61. The number of aromatic nitrogens is 1. The van der Waals surface area contributed by atoms with Crippen molar-refractivity contribution in [2.75, 3.05) is 0 Å². The first-order valence-corrected chi connectivity index (χ1v) is 6.87. The molecule has 0 amide bonds. The molecule has 3 nitrogen and oxygen atoms in total. The molecule has 18 heavy (non-hydrogen) atoms. The van der Waals surface area contributed by atoms with E-state index in [1.807, 2.05) is 0 Å². The van der Waals surface area contributed by atoms with Crippen LogP contribution < -0.4 is 0 Å². The molecule has 1 fully saturated rings. The van der Waals surface area contributed by atoms with Crippen molar-refractivity contribution in [2.24, 2.45) is 0 Å². The van der Waals surface area contributed by atoms with Crippen LogP contribution in [0.25, 0.3) is 0 Å². The summed E-state index contributed by atoms with van der Waals surface area (Å²) in [6.07, 6.45) is 4.22. The number of halogens is 2. The van der Waals surface area contributed by atoms with Crippen LogP contribution in [0.4, 0.5) is 0 Å². The summed E-state index contributed by atoms with van der Waals surface area (Å²) in [5, 5.41) is 1.00. The van der Waals surface area contributed by atoms with Crippen molar-refractivity contribution in [1.29, 1.82) is 0 Å². The average Bonchev–Trinajstić information content (AvgIpc) is 2.26. The molecular weight excluding hydrogens is 273 g/mol. The Morgan fingerprint density at radius 1 is 1.33 bits per heavy atom. The van der Waals surface area contributed by atoms with E-state index in [0.717, 1.165) is 18.4 Å². The molecule has 0 spiro atoms. The Morgan fingerprint density at radius 3 is 2.61 bits per heavy atom. The number of pyridine rings is 1. The minimum Gasteiger partial charge on any atom is -0.375 e. The van der Waals surface area contributed by atoms with Crippen molar-refractivity contribution in [3.8, 4) is 0 Å². The maximum absolute atomic E-state index is 6.08. The van der Waals surface area contributed by atoms with Crippen LogP contribution >= 0.6 is 23.2 Å². The second kappa shape index (κ2) is 6.20. The maximum Gasteiger partial charge on any atom is 0.130 e. The molecule has 0 saturated carbocycles. The van der Waals surface area contributed by atoms with E-state index in [-0.39, 0.29) is 18.3 Å². The molecule has 2 unspecified atom stereocenters. The Labute approximate surface area is 117 Å². The van der Waals surface area contributed by atoms with Crippen LogP contribution in [0, 0.1) is 0 Å². The van der Waals surface area contributed by atoms with Gasteiger partial charge in [0.25, 0.3) is 0 Å². The van der Waals surface area contributed by atoms with Gasteiger partial charge in [0.2, 0.25) is 0 Å². The highest BCUT2D eigenvalue weighted by molar-refractivity contribution is 6.34. The van der Waals surface area contributed by atoms with E-state index in [0.29, 0.717) is 16.8 Å². The monoisotopic (exact) mass is 289 g/mol. The van der Waals surface area contributed by atoms with Gasteiger partial charge in [0, 0.05) is 11.8 Å². The Kier molecular flexibility index (Phi) is 4.84. The van der Waals surface area contributed by atoms with Crippen molar-refractivity contribution in [3.63, 3.8) is 0 Å². The first-order chi connectivity index (χ1) is 8.54. The Bertz CT molecular complexity index is 404. The minimum absolute atomic E-state index is 0.218. The summed E-state index contributed by atoms with van der Waals surface area (Å²) < 4.78 is 11.6. The second-order valence-corrected chi connectivity index (χ2v) is 5.55. The van der Waals surface area contributed by atoms with Gasteiger partial charge in [-0.2, -0.15) is 0 Å². The summed E-state index contributed by atoms with van der Waals surface area (Å²) in [5.41, 5.74) is 0.868. The fraction of sp³-hybridized carbons (Fsp3) is 0.615. The maximum atomic E-state index is 6.08. The molecule has 0 bridgehead atoms. The van der Waals surface area contributed by atoms with Gasteiger partial charge in [-0.05, 0) is 32.8 Å². The predicted octanol–water partition coefficient (Wildman–Crippen LogP) is 3.86. The molecule has 2 heterocycles. The van der Waals surface area contributed by atoms with Crippen LogP contribution in [-0.4, -0.2) is 23.3 Å². The van der Waals surface area contributed by atoms with Gasteiger partial charge < -0.3 is 9.47 Å². The van der Waals surface area contributed by atoms with E-state index in [1.165, 1.54) is 0 Å². The van der Waals surface area contributed by atoms with E-state index >= 15 is 0 Å². The van der Waals surface area contributed by atoms with E-state index in [1.54, 1.807) is 12.3 Å². The first-order valence-electron chi connectivity index (χ1n) is 6.11. The third-order valence-electron chi connectivity index (χ3n) is 3.03. The highest BCUT2D eigenvalue weighted by Crippen LogP contribution is 2.24. The van der Waals surface area contributed by atoms with Crippen molar-refractivity contribution in [2.45, 2.75) is 51.6 Å². The molecule has 2 atom stereocenters. The van der Waals surface area contributed by atoms with Gasteiger partial charge in [0.15, 0.2) is 0 Å². The molecule has 1 saturated heterocycles. The van der Waals surface area contributed by atoms with Crippen molar-refractivity contribution in [1.82, 2.24) is 4.98 Å². The van der Waals surface area contributed by atoms with E-state index in [2.05, 4.69) is 18.8 Å². The van der Waals surface area contributed by atoms with Gasteiger partial charge in [-0.25, -0.2) is 4.98 Å². The van der Waals surface area contributed by atoms with Crippen molar-refractivity contribution < 1.29 is 9.47 Å². The highest BCUT2D eigenvalue weighted by Gasteiger charge is 2.25. The summed E-state index contributed by atoms with van der Waals surface area (Å²) in [4.78, 5) is 4.01. The minimum atomic E-state index is 0.218. The molecule has 0 radical (unpaired) electrons. The average molecular weight is 290 g/mol. The highest BCUT2D eigenvalue weighted by atomic mass is 35.5. The first kappa shape index (κ1) is 14.1. The standard InChI is InChI=1S/C13H17Cl2NO2/c1-8-3-11(4-9(2)18-8)17-7-10-6-16-13(15)5-12(10)14/h5-6,8-9,11H,3-4,7H2,1-2H3. The smallest absolute Gasteiger partial charge is 0.130 e. The Balaban J connectivity index is 1.91. The molecule has 0 aromatic carbocycles. The van der Waals surface area contributed by atoms with E-state index in [4.69, 9.17) is 32.7 Å². The molecule has 100 valence electrons. The molecular formula is C13H17Cl2NO2. The summed E-state index contributed by atoms with van der Waals surface area (Å²) in [5.74, 6) is 0. The van der Waals surface area contributed by atoms with Gasteiger partial charge >= 0.3 is 0 Å². The summed E-state index contributed by atoms with van der Waals surface area (Å²) >= 11 is 11.8. The SMILES string of the molecule is CC1CC(OCc2cnc(Cl)cc2Cl)CC(C)O1. The van der Waals surface area contributed by atoms with Gasteiger partial charge in [-0.3, -0.25) is 0 Å². The van der Waals surface area contributed by atoms with Gasteiger partial charge in [-0.1, -0.05) is 23.2 Å². The number of hydrogen-bond acceptors (Lipinski definition) is 3. The van der Waals surface area contributed by atoms with E-state index in [9.17, 15) is 0 Å². The predicted molar refractivity (Wildman–Crippen MR) is 72.1 cm³/mol. The third-order valence-corrected chi connectivity index (χ3v) is 3.58. The van der Waals surface area contributed by atoms with Crippen molar-refractivity contribution >= 4 is 23.2 Å². The molecule has 0 N–H and O–H groups in total. The Hall–Kier alpha value is -0.350. The zero-order valence-electron chi connectivity index (χ0n) is 10.5. The summed E-state index contributed by atoms with van der Waals surface area (Å²) in [7, 11) is 0. The van der Waals surface area contributed by atoms with Crippen LogP contribution in [0.15, 0.2) is 12.3 Å². The quantitative estimate of drug-likeness (QED) is 0.792. The van der Waals surface area contributed by atoms with Crippen LogP contribution in [0.1, 0.15) is 32.3 Å². The summed E-state index contributed by atoms with van der Waals surface area (Å²) in [6, 6.07) is 1.64. The van der Waals surface area contributed by atoms with Crippen LogP contribution in [-0.2, 0) is 16.1 Å². The second-order valence-electron chi connectivity index (χ2n) is 4.76. The molecule has 1 aromatic heterocycles. The number of nitrogens with zero attached hydrogens (tertiary/aromatic N) is 1. The lowest BCUT2D eigenvalue weighted by Crippen LogP contribution is -2.34. The van der Waals surface area contributed by atoms with Crippen molar-refractivity contribution in [3.05, 3.63) is 28.0 Å². The topological polar surface area (TPSA) is 31.4 Å². The fourth-order valence-corrected chi connectivity index (χ4v) is 2.65. The molecule has 5 heteroatoms. The lowest BCUT2D eigenvalue weighted by Gasteiger charge is -2.32. The molecule has 0 aliphatic carbocycles. The third kappa shape index (κ3) is 3.82. The Morgan fingerprint density at radius 2 is 2.00 bits per heavy atom. The lowest BCUT2D eigenvalue weighted by molar-refractivity contribution is -0.106. The molecule has 1 aromatic rings. The van der Waals surface area contributed by atoms with Crippen LogP contribution in [0.2, 0.25) is 10.2 Å². The van der Waals surface area contributed by atoms with Gasteiger partial charge in [-0.15, -0.1) is 0 Å². The number of hydrogen-bond donors (Lipinski definition) is 0. The lowest BCUT2D eigenvalue weighted by atomic mass is 10.0. The largest absolute Gasteiger partial charge is 0.375 e. The molecule has 1 aliphatic rings. The van der Waals surface area contributed by atoms with Gasteiger partial charge in [0.1, 0.15) is 5.15 Å².